The van der Waals surface area contributed by atoms with Gasteiger partial charge in [-0.3, -0.25) is 14.9 Å². The molecule has 4 rings (SSSR count). The number of benzene rings is 1. The van der Waals surface area contributed by atoms with Gasteiger partial charge in [-0.05, 0) is 51.0 Å². The summed E-state index contributed by atoms with van der Waals surface area (Å²) in [7, 11) is -3.41. The molecule has 2 aromatic heterocycles. The van der Waals surface area contributed by atoms with Gasteiger partial charge in [-0.1, -0.05) is 22.9 Å². The van der Waals surface area contributed by atoms with Crippen LogP contribution in [-0.2, 0) is 21.1 Å². The maximum absolute atomic E-state index is 13.0. The van der Waals surface area contributed by atoms with Crippen molar-refractivity contribution in [1.29, 1.82) is 0 Å². The lowest BCUT2D eigenvalue weighted by Crippen LogP contribution is -2.15. The van der Waals surface area contributed by atoms with Crippen molar-refractivity contribution in [2.24, 2.45) is 5.73 Å². The van der Waals surface area contributed by atoms with Crippen LogP contribution in [0.1, 0.15) is 42.7 Å². The van der Waals surface area contributed by atoms with Crippen molar-refractivity contribution in [3.63, 3.8) is 0 Å². The molecular formula is C23H23ClN4O6S2. The molecule has 0 radical (unpaired) electrons. The quantitative estimate of drug-likeness (QED) is 0.384. The van der Waals surface area contributed by atoms with Gasteiger partial charge in [0.15, 0.2) is 20.0 Å². The number of aromatic nitrogens is 2. The molecule has 190 valence electrons. The van der Waals surface area contributed by atoms with Crippen molar-refractivity contribution in [3.05, 3.63) is 52.1 Å². The van der Waals surface area contributed by atoms with Crippen LogP contribution >= 0.6 is 22.9 Å². The summed E-state index contributed by atoms with van der Waals surface area (Å²) in [5.41, 5.74) is 5.69. The molecule has 1 aliphatic carbocycles. The third-order valence-corrected chi connectivity index (χ3v) is 8.35. The molecule has 1 fully saturated rings. The molecule has 2 heterocycles. The first-order chi connectivity index (χ1) is 17.0. The zero-order valence-corrected chi connectivity index (χ0v) is 21.7. The Bertz CT molecular complexity index is 1400. The molecule has 0 atom stereocenters. The first kappa shape index (κ1) is 25.9. The topological polar surface area (TPSA) is 151 Å². The largest absolute Gasteiger partial charge is 0.491 e. The van der Waals surface area contributed by atoms with E-state index in [9.17, 15) is 18.0 Å². The van der Waals surface area contributed by atoms with Crippen LogP contribution in [0.3, 0.4) is 0 Å². The summed E-state index contributed by atoms with van der Waals surface area (Å²) in [4.78, 5) is 32.3. The van der Waals surface area contributed by atoms with E-state index in [2.05, 4.69) is 15.3 Å². The number of hydrogen-bond donors (Lipinski definition) is 2. The summed E-state index contributed by atoms with van der Waals surface area (Å²) >= 11 is 7.10. The number of primary amides is 1. The van der Waals surface area contributed by atoms with E-state index in [4.69, 9.17) is 26.8 Å². The van der Waals surface area contributed by atoms with E-state index in [1.807, 2.05) is 13.8 Å². The summed E-state index contributed by atoms with van der Waals surface area (Å²) in [5, 5.41) is 2.50. The number of pyridine rings is 1. The Kier molecular flexibility index (Phi) is 7.48. The molecule has 36 heavy (non-hydrogen) atoms. The molecule has 3 N–H and O–H groups in total. The van der Waals surface area contributed by atoms with Crippen LogP contribution in [0.25, 0.3) is 0 Å². The van der Waals surface area contributed by atoms with Crippen LogP contribution < -0.4 is 20.5 Å². The molecule has 1 saturated carbocycles. The summed E-state index contributed by atoms with van der Waals surface area (Å²) in [6.45, 7) is 3.68. The Labute approximate surface area is 216 Å². The molecule has 0 aliphatic heterocycles. The lowest BCUT2D eigenvalue weighted by Gasteiger charge is -2.14. The number of thiazole rings is 1. The van der Waals surface area contributed by atoms with Crippen LogP contribution in [0.4, 0.5) is 5.13 Å². The molecule has 13 heteroatoms. The Hall–Kier alpha value is -3.22. The zero-order chi connectivity index (χ0) is 26.0. The fourth-order valence-electron chi connectivity index (χ4n) is 3.21. The molecule has 3 aromatic rings. The highest BCUT2D eigenvalue weighted by Crippen LogP contribution is 2.34. The van der Waals surface area contributed by atoms with Crippen LogP contribution in [0, 0.1) is 0 Å². The first-order valence-electron chi connectivity index (χ1n) is 11.0. The Morgan fingerprint density at radius 3 is 2.53 bits per heavy atom. The first-order valence-corrected chi connectivity index (χ1v) is 13.7. The predicted octanol–water partition coefficient (Wildman–Crippen LogP) is 3.99. The van der Waals surface area contributed by atoms with E-state index < -0.39 is 21.7 Å². The SMILES string of the molecule is CC(C)Oc1cc(Oc2ccc(S(=O)(=O)C3CC3)nc2)cc(C(=O)Nc2nc(CC(N)=O)c(Cl)s2)c1. The fourth-order valence-corrected chi connectivity index (χ4v) is 5.80. The van der Waals surface area contributed by atoms with Gasteiger partial charge < -0.3 is 15.2 Å². The molecule has 0 spiro atoms. The molecular weight excluding hydrogens is 528 g/mol. The van der Waals surface area contributed by atoms with Gasteiger partial charge in [-0.15, -0.1) is 0 Å². The van der Waals surface area contributed by atoms with Crippen LogP contribution in [0.5, 0.6) is 17.2 Å². The van der Waals surface area contributed by atoms with Gasteiger partial charge in [0.1, 0.15) is 21.6 Å². The van der Waals surface area contributed by atoms with E-state index in [1.54, 1.807) is 12.1 Å². The fraction of sp³-hybridized carbons (Fsp3) is 0.304. The lowest BCUT2D eigenvalue weighted by molar-refractivity contribution is -0.117. The van der Waals surface area contributed by atoms with Gasteiger partial charge in [0, 0.05) is 11.6 Å². The molecule has 0 bridgehead atoms. The molecule has 1 aliphatic rings. The Morgan fingerprint density at radius 1 is 1.19 bits per heavy atom. The van der Waals surface area contributed by atoms with Crippen molar-refractivity contribution < 1.29 is 27.5 Å². The monoisotopic (exact) mass is 550 g/mol. The minimum absolute atomic E-state index is 0.00659. The Morgan fingerprint density at radius 2 is 1.92 bits per heavy atom. The predicted molar refractivity (Wildman–Crippen MR) is 135 cm³/mol. The van der Waals surface area contributed by atoms with Crippen LogP contribution in [0.2, 0.25) is 4.34 Å². The number of hydrogen-bond acceptors (Lipinski definition) is 9. The standard InChI is InChI=1S/C23H23ClN4O6S2/c1-12(2)33-15-7-13(22(30)28-23-27-18(10-19(25)29)21(24)35-23)8-16(9-15)34-14-3-6-20(26-11-14)36(31,32)17-4-5-17/h3,6-9,11-12,17H,4-5,10H2,1-2H3,(H2,25,29)(H,27,28,30). The number of nitrogens with two attached hydrogens (primary N) is 1. The van der Waals surface area contributed by atoms with Crippen molar-refractivity contribution in [1.82, 2.24) is 9.97 Å². The normalized spacial score (nSPS) is 13.4. The smallest absolute Gasteiger partial charge is 0.257 e. The summed E-state index contributed by atoms with van der Waals surface area (Å²) < 4.78 is 36.6. The number of sulfone groups is 1. The van der Waals surface area contributed by atoms with E-state index in [-0.39, 0.29) is 49.3 Å². The van der Waals surface area contributed by atoms with Gasteiger partial charge in [-0.2, -0.15) is 0 Å². The van der Waals surface area contributed by atoms with Crippen molar-refractivity contribution in [2.75, 3.05) is 5.32 Å². The van der Waals surface area contributed by atoms with Gasteiger partial charge >= 0.3 is 0 Å². The number of halogens is 1. The number of ether oxygens (including phenoxy) is 2. The lowest BCUT2D eigenvalue weighted by atomic mass is 10.2. The third kappa shape index (κ3) is 6.31. The zero-order valence-electron chi connectivity index (χ0n) is 19.4. The van der Waals surface area contributed by atoms with Gasteiger partial charge in [0.05, 0.1) is 29.7 Å². The summed E-state index contributed by atoms with van der Waals surface area (Å²) in [6, 6.07) is 7.57. The van der Waals surface area contributed by atoms with E-state index >= 15 is 0 Å². The maximum Gasteiger partial charge on any atom is 0.257 e. The highest BCUT2D eigenvalue weighted by atomic mass is 35.5. The minimum atomic E-state index is -3.41. The van der Waals surface area contributed by atoms with Gasteiger partial charge in [-0.25, -0.2) is 18.4 Å². The second kappa shape index (κ2) is 10.4. The molecule has 2 amide bonds. The van der Waals surface area contributed by atoms with Crippen molar-refractivity contribution in [3.8, 4) is 17.2 Å². The number of rotatable bonds is 10. The molecule has 10 nitrogen and oxygen atoms in total. The summed E-state index contributed by atoms with van der Waals surface area (Å²) in [5.74, 6) is -0.132. The number of anilines is 1. The maximum atomic E-state index is 13.0. The highest BCUT2D eigenvalue weighted by Gasteiger charge is 2.37. The van der Waals surface area contributed by atoms with E-state index in [1.165, 1.54) is 24.4 Å². The second-order valence-corrected chi connectivity index (χ2v) is 12.2. The van der Waals surface area contributed by atoms with E-state index in [0.717, 1.165) is 11.3 Å². The molecule has 0 unspecified atom stereocenters. The number of amides is 2. The van der Waals surface area contributed by atoms with Crippen molar-refractivity contribution in [2.45, 2.75) is 49.5 Å². The minimum Gasteiger partial charge on any atom is -0.491 e. The number of nitrogens with zero attached hydrogens (tertiary/aromatic N) is 2. The highest BCUT2D eigenvalue weighted by molar-refractivity contribution is 7.92. The van der Waals surface area contributed by atoms with Gasteiger partial charge in [0.2, 0.25) is 5.91 Å². The van der Waals surface area contributed by atoms with E-state index in [0.29, 0.717) is 24.3 Å². The average Bonchev–Trinajstić information content (AvgIpc) is 3.59. The van der Waals surface area contributed by atoms with Gasteiger partial charge in [0.25, 0.3) is 5.91 Å². The number of carbonyl (C=O) groups excluding carboxylic acids is 2. The Balaban J connectivity index is 1.55. The number of carbonyl (C=O) groups is 2. The second-order valence-electron chi connectivity index (χ2n) is 8.37. The van der Waals surface area contributed by atoms with Crippen molar-refractivity contribution >= 4 is 49.7 Å². The summed E-state index contributed by atoms with van der Waals surface area (Å²) in [6.07, 6.45) is 2.31. The van der Waals surface area contributed by atoms with Crippen LogP contribution in [0.15, 0.2) is 41.6 Å². The third-order valence-electron chi connectivity index (χ3n) is 4.93. The van der Waals surface area contributed by atoms with Crippen LogP contribution in [-0.4, -0.2) is 41.6 Å². The molecule has 0 saturated heterocycles. The average molecular weight is 551 g/mol. The molecule has 1 aromatic carbocycles. The number of nitrogens with one attached hydrogen (secondary N) is 1.